The number of ether oxygens (including phenoxy) is 3. The van der Waals surface area contributed by atoms with E-state index in [1.165, 1.54) is 6.92 Å². The van der Waals surface area contributed by atoms with E-state index < -0.39 is 12.0 Å². The highest BCUT2D eigenvalue weighted by Crippen LogP contribution is 2.29. The molecule has 1 amide bonds. The molecule has 1 unspecified atom stereocenters. The summed E-state index contributed by atoms with van der Waals surface area (Å²) in [6, 6.07) is 12.7. The van der Waals surface area contributed by atoms with Crippen molar-refractivity contribution >= 4 is 18.0 Å². The quantitative estimate of drug-likeness (QED) is 0.309. The van der Waals surface area contributed by atoms with E-state index in [4.69, 9.17) is 14.2 Å². The molecule has 1 fully saturated rings. The first-order chi connectivity index (χ1) is 19.0. The lowest BCUT2D eigenvalue weighted by Gasteiger charge is -2.31. The molecule has 1 aliphatic heterocycles. The second-order valence-electron chi connectivity index (χ2n) is 9.33. The third-order valence-electron chi connectivity index (χ3n) is 6.67. The Balaban J connectivity index is 1.33. The summed E-state index contributed by atoms with van der Waals surface area (Å²) >= 11 is 0. The highest BCUT2D eigenvalue weighted by atomic mass is 16.6. The SMILES string of the molecule is COc1cccc(C(NC(=O)C2CCN(C/C=C/c3ccc(OC(C)=O)c(OC)c3)CC2)c2cnccn2)c1. The van der Waals surface area contributed by atoms with Crippen molar-refractivity contribution in [3.8, 4) is 17.2 Å². The smallest absolute Gasteiger partial charge is 0.308 e. The van der Waals surface area contributed by atoms with Gasteiger partial charge in [-0.25, -0.2) is 0 Å². The third-order valence-corrected chi connectivity index (χ3v) is 6.67. The minimum absolute atomic E-state index is 0.0172. The highest BCUT2D eigenvalue weighted by molar-refractivity contribution is 5.79. The van der Waals surface area contributed by atoms with Gasteiger partial charge in [-0.2, -0.15) is 0 Å². The van der Waals surface area contributed by atoms with Crippen molar-refractivity contribution in [2.24, 2.45) is 5.92 Å². The molecule has 0 saturated carbocycles. The average molecular weight is 531 g/mol. The van der Waals surface area contributed by atoms with Gasteiger partial charge in [-0.05, 0) is 61.3 Å². The number of methoxy groups -OCH3 is 2. The number of rotatable bonds is 10. The zero-order chi connectivity index (χ0) is 27.6. The number of piperidine rings is 1. The predicted molar refractivity (Wildman–Crippen MR) is 148 cm³/mol. The molecule has 4 rings (SSSR count). The number of benzene rings is 2. The zero-order valence-electron chi connectivity index (χ0n) is 22.5. The molecule has 1 saturated heterocycles. The predicted octanol–water partition coefficient (Wildman–Crippen LogP) is 4.05. The number of aromatic nitrogens is 2. The molecule has 0 spiro atoms. The largest absolute Gasteiger partial charge is 0.497 e. The number of nitrogens with one attached hydrogen (secondary N) is 1. The van der Waals surface area contributed by atoms with Crippen LogP contribution < -0.4 is 19.5 Å². The Hall–Kier alpha value is -4.24. The normalized spacial score (nSPS) is 15.1. The number of hydrogen-bond donors (Lipinski definition) is 1. The van der Waals surface area contributed by atoms with Crippen LogP contribution in [-0.4, -0.2) is 60.6 Å². The van der Waals surface area contributed by atoms with Crippen LogP contribution in [-0.2, 0) is 9.59 Å². The van der Waals surface area contributed by atoms with Gasteiger partial charge in [0.15, 0.2) is 11.5 Å². The van der Waals surface area contributed by atoms with Gasteiger partial charge >= 0.3 is 5.97 Å². The van der Waals surface area contributed by atoms with E-state index >= 15 is 0 Å². The summed E-state index contributed by atoms with van der Waals surface area (Å²) < 4.78 is 15.9. The van der Waals surface area contributed by atoms with Crippen molar-refractivity contribution in [2.45, 2.75) is 25.8 Å². The second kappa shape index (κ2) is 13.5. The molecule has 9 heteroatoms. The van der Waals surface area contributed by atoms with Gasteiger partial charge in [0.2, 0.25) is 5.91 Å². The van der Waals surface area contributed by atoms with Crippen LogP contribution in [0.1, 0.15) is 42.6 Å². The first-order valence-electron chi connectivity index (χ1n) is 12.9. The monoisotopic (exact) mass is 530 g/mol. The van der Waals surface area contributed by atoms with Crippen molar-refractivity contribution in [1.29, 1.82) is 0 Å². The summed E-state index contributed by atoms with van der Waals surface area (Å²) in [6.07, 6.45) is 10.6. The molecule has 2 aromatic carbocycles. The molecule has 1 atom stereocenters. The Labute approximate surface area is 228 Å². The Morgan fingerprint density at radius 1 is 1.08 bits per heavy atom. The number of amides is 1. The van der Waals surface area contributed by atoms with Gasteiger partial charge < -0.3 is 19.5 Å². The fourth-order valence-electron chi connectivity index (χ4n) is 4.61. The number of carbonyl (C=O) groups is 2. The van der Waals surface area contributed by atoms with Gasteiger partial charge in [0.1, 0.15) is 5.75 Å². The van der Waals surface area contributed by atoms with E-state index in [9.17, 15) is 9.59 Å². The van der Waals surface area contributed by atoms with E-state index in [-0.39, 0.29) is 11.8 Å². The maximum absolute atomic E-state index is 13.3. The van der Waals surface area contributed by atoms with Crippen LogP contribution in [0.4, 0.5) is 0 Å². The Morgan fingerprint density at radius 3 is 2.59 bits per heavy atom. The fraction of sp³-hybridized carbons (Fsp3) is 0.333. The lowest BCUT2D eigenvalue weighted by atomic mass is 9.94. The van der Waals surface area contributed by atoms with Crippen molar-refractivity contribution in [3.05, 3.63) is 84.0 Å². The van der Waals surface area contributed by atoms with E-state index in [1.807, 2.05) is 42.5 Å². The number of hydrogen-bond acceptors (Lipinski definition) is 8. The molecule has 2 heterocycles. The molecule has 0 radical (unpaired) electrons. The lowest BCUT2D eigenvalue weighted by Crippen LogP contribution is -2.42. The molecule has 204 valence electrons. The van der Waals surface area contributed by atoms with E-state index in [0.29, 0.717) is 17.2 Å². The first-order valence-corrected chi connectivity index (χ1v) is 12.9. The maximum Gasteiger partial charge on any atom is 0.308 e. The molecule has 0 aliphatic carbocycles. The molecule has 0 bridgehead atoms. The summed E-state index contributed by atoms with van der Waals surface area (Å²) in [4.78, 5) is 35.5. The Bertz CT molecular complexity index is 1290. The van der Waals surface area contributed by atoms with Crippen LogP contribution in [0, 0.1) is 5.92 Å². The summed E-state index contributed by atoms with van der Waals surface area (Å²) in [5.41, 5.74) is 2.52. The number of likely N-dealkylation sites (tertiary alicyclic amines) is 1. The van der Waals surface area contributed by atoms with Crippen LogP contribution in [0.25, 0.3) is 6.08 Å². The van der Waals surface area contributed by atoms with E-state index in [2.05, 4.69) is 26.3 Å². The van der Waals surface area contributed by atoms with Crippen molar-refractivity contribution in [2.75, 3.05) is 33.9 Å². The van der Waals surface area contributed by atoms with Crippen LogP contribution >= 0.6 is 0 Å². The van der Waals surface area contributed by atoms with Gasteiger partial charge in [0.05, 0.1) is 32.2 Å². The maximum atomic E-state index is 13.3. The summed E-state index contributed by atoms with van der Waals surface area (Å²) in [5.74, 6) is 1.18. The standard InChI is InChI=1S/C30H34N4O5/c1-21(35)39-27-10-9-22(18-28(27)38-3)6-5-15-34-16-11-23(12-17-34)30(36)33-29(26-20-31-13-14-32-26)24-7-4-8-25(19-24)37-2/h4-10,13-14,18-20,23,29H,11-12,15-17H2,1-3H3,(H,33,36)/b6-5+. The summed E-state index contributed by atoms with van der Waals surface area (Å²) in [5, 5.41) is 3.20. The topological polar surface area (TPSA) is 103 Å². The number of esters is 1. The summed E-state index contributed by atoms with van der Waals surface area (Å²) in [7, 11) is 3.17. The lowest BCUT2D eigenvalue weighted by molar-refractivity contribution is -0.132. The molecule has 1 aromatic heterocycles. The van der Waals surface area contributed by atoms with E-state index in [1.54, 1.807) is 38.9 Å². The Morgan fingerprint density at radius 2 is 1.90 bits per heavy atom. The molecular formula is C30H34N4O5. The van der Waals surface area contributed by atoms with Crippen LogP contribution in [0.5, 0.6) is 17.2 Å². The summed E-state index contributed by atoms with van der Waals surface area (Å²) in [6.45, 7) is 3.78. The third kappa shape index (κ3) is 7.64. The number of carbonyl (C=O) groups excluding carboxylic acids is 2. The second-order valence-corrected chi connectivity index (χ2v) is 9.33. The minimum atomic E-state index is -0.411. The zero-order valence-corrected chi connectivity index (χ0v) is 22.5. The molecular weight excluding hydrogens is 496 g/mol. The molecule has 1 N–H and O–H groups in total. The minimum Gasteiger partial charge on any atom is -0.497 e. The first kappa shape index (κ1) is 27.8. The van der Waals surface area contributed by atoms with Gasteiger partial charge in [-0.15, -0.1) is 0 Å². The van der Waals surface area contributed by atoms with E-state index in [0.717, 1.165) is 49.4 Å². The average Bonchev–Trinajstić information content (AvgIpc) is 2.97. The number of nitrogens with zero attached hydrogens (tertiary/aromatic N) is 3. The Kier molecular flexibility index (Phi) is 9.64. The van der Waals surface area contributed by atoms with Gasteiger partial charge in [-0.3, -0.25) is 24.5 Å². The highest BCUT2D eigenvalue weighted by Gasteiger charge is 2.28. The molecule has 9 nitrogen and oxygen atoms in total. The van der Waals surface area contributed by atoms with Crippen LogP contribution in [0.3, 0.4) is 0 Å². The van der Waals surface area contributed by atoms with Crippen molar-refractivity contribution in [1.82, 2.24) is 20.2 Å². The fourth-order valence-corrected chi connectivity index (χ4v) is 4.61. The molecule has 3 aromatic rings. The van der Waals surface area contributed by atoms with Crippen LogP contribution in [0.15, 0.2) is 67.1 Å². The van der Waals surface area contributed by atoms with Crippen LogP contribution in [0.2, 0.25) is 0 Å². The van der Waals surface area contributed by atoms with Gasteiger partial charge in [0, 0.05) is 31.8 Å². The van der Waals surface area contributed by atoms with Gasteiger partial charge in [0.25, 0.3) is 0 Å². The van der Waals surface area contributed by atoms with Crippen molar-refractivity contribution in [3.63, 3.8) is 0 Å². The molecule has 39 heavy (non-hydrogen) atoms. The van der Waals surface area contributed by atoms with Gasteiger partial charge in [-0.1, -0.05) is 30.4 Å². The molecule has 1 aliphatic rings. The van der Waals surface area contributed by atoms with Crippen molar-refractivity contribution < 1.29 is 23.8 Å².